The number of methoxy groups -OCH3 is 1. The third kappa shape index (κ3) is 4.48. The predicted molar refractivity (Wildman–Crippen MR) is 112 cm³/mol. The quantitative estimate of drug-likeness (QED) is 0.460. The van der Waals surface area contributed by atoms with Crippen LogP contribution in [-0.2, 0) is 17.8 Å². The van der Waals surface area contributed by atoms with E-state index in [0.717, 1.165) is 26.5 Å². The first-order chi connectivity index (χ1) is 13.5. The highest BCUT2D eigenvalue weighted by atomic mass is 79.9. The van der Waals surface area contributed by atoms with E-state index in [1.54, 1.807) is 7.11 Å². The molecule has 0 amide bonds. The van der Waals surface area contributed by atoms with E-state index in [1.165, 1.54) is 0 Å². The maximum absolute atomic E-state index is 11.8. The molecule has 0 unspecified atom stereocenters. The topological polar surface area (TPSA) is 83.6 Å². The van der Waals surface area contributed by atoms with Gasteiger partial charge in [-0.2, -0.15) is 0 Å². The number of benzene rings is 2. The summed E-state index contributed by atoms with van der Waals surface area (Å²) in [6, 6.07) is 10.9. The number of rotatable bonds is 9. The van der Waals surface area contributed by atoms with Crippen LogP contribution in [0.2, 0.25) is 0 Å². The summed E-state index contributed by atoms with van der Waals surface area (Å²) in [5.74, 6) is 0.332. The number of hydrogen-bond acceptors (Lipinski definition) is 4. The second-order valence-electron chi connectivity index (χ2n) is 6.36. The maximum Gasteiger partial charge on any atom is 0.321 e. The van der Waals surface area contributed by atoms with Crippen LogP contribution in [-0.4, -0.2) is 35.8 Å². The zero-order chi connectivity index (χ0) is 20.1. The summed E-state index contributed by atoms with van der Waals surface area (Å²) in [6.45, 7) is 2.73. The second-order valence-corrected chi connectivity index (χ2v) is 7.28. The van der Waals surface area contributed by atoms with E-state index in [-0.39, 0.29) is 0 Å². The smallest absolute Gasteiger partial charge is 0.321 e. The number of carboxylic acid groups (broad SMARTS) is 1. The van der Waals surface area contributed by atoms with Gasteiger partial charge in [0, 0.05) is 40.1 Å². The molecule has 3 N–H and O–H groups in total. The molecule has 1 heterocycles. The molecule has 0 aliphatic carbocycles. The molecule has 0 spiro atoms. The molecule has 0 saturated heterocycles. The van der Waals surface area contributed by atoms with E-state index < -0.39 is 12.0 Å². The highest BCUT2D eigenvalue weighted by Gasteiger charge is 2.21. The Bertz CT molecular complexity index is 970. The average molecular weight is 447 g/mol. The zero-order valence-electron chi connectivity index (χ0n) is 15.8. The lowest BCUT2D eigenvalue weighted by molar-refractivity contribution is -0.139. The average Bonchev–Trinajstić information content (AvgIpc) is 3.09. The highest BCUT2D eigenvalue weighted by Crippen LogP contribution is 2.35. The summed E-state index contributed by atoms with van der Waals surface area (Å²) < 4.78 is 12.0. The Morgan fingerprint density at radius 1 is 1.29 bits per heavy atom. The van der Waals surface area contributed by atoms with Gasteiger partial charge in [-0.05, 0) is 30.7 Å². The number of nitrogens with one attached hydrogen (secondary N) is 2. The number of hydrogen-bond donors (Lipinski definition) is 3. The van der Waals surface area contributed by atoms with Crippen LogP contribution in [0.25, 0.3) is 10.9 Å². The molecule has 1 atom stereocenters. The van der Waals surface area contributed by atoms with Gasteiger partial charge in [0.1, 0.15) is 6.04 Å². The van der Waals surface area contributed by atoms with Gasteiger partial charge in [0.2, 0.25) is 0 Å². The van der Waals surface area contributed by atoms with Crippen molar-refractivity contribution < 1.29 is 19.4 Å². The SMILES string of the molecule is CCOc1c(CN[C@@H](Cc2c[nH]c3ccccc23)C(=O)O)cc(Br)cc1OC. The van der Waals surface area contributed by atoms with Crippen molar-refractivity contribution in [2.75, 3.05) is 13.7 Å². The summed E-state index contributed by atoms with van der Waals surface area (Å²) in [5.41, 5.74) is 2.79. The Balaban J connectivity index is 1.81. The monoisotopic (exact) mass is 446 g/mol. The summed E-state index contributed by atoms with van der Waals surface area (Å²) in [4.78, 5) is 15.0. The number of fused-ring (bicyclic) bond motifs is 1. The molecule has 0 saturated carbocycles. The lowest BCUT2D eigenvalue weighted by atomic mass is 10.0. The van der Waals surface area contributed by atoms with E-state index in [2.05, 4.69) is 26.2 Å². The van der Waals surface area contributed by atoms with Gasteiger partial charge in [-0.15, -0.1) is 0 Å². The molecule has 6 nitrogen and oxygen atoms in total. The number of ether oxygens (including phenoxy) is 2. The number of para-hydroxylation sites is 1. The van der Waals surface area contributed by atoms with Gasteiger partial charge in [0.15, 0.2) is 11.5 Å². The van der Waals surface area contributed by atoms with Crippen LogP contribution >= 0.6 is 15.9 Å². The van der Waals surface area contributed by atoms with Crippen LogP contribution in [0.5, 0.6) is 11.5 Å². The minimum atomic E-state index is -0.898. The zero-order valence-corrected chi connectivity index (χ0v) is 17.4. The van der Waals surface area contributed by atoms with Gasteiger partial charge >= 0.3 is 5.97 Å². The van der Waals surface area contributed by atoms with Crippen LogP contribution < -0.4 is 14.8 Å². The van der Waals surface area contributed by atoms with Crippen LogP contribution in [0.3, 0.4) is 0 Å². The third-order valence-corrected chi connectivity index (χ3v) is 5.00. The Kier molecular flexibility index (Phi) is 6.59. The fourth-order valence-electron chi connectivity index (χ4n) is 3.21. The summed E-state index contributed by atoms with van der Waals surface area (Å²) in [5, 5.41) is 13.9. The first-order valence-corrected chi connectivity index (χ1v) is 9.83. The largest absolute Gasteiger partial charge is 0.493 e. The number of carbonyl (C=O) groups is 1. The van der Waals surface area contributed by atoms with E-state index in [9.17, 15) is 9.90 Å². The number of H-pyrrole nitrogens is 1. The first kappa shape index (κ1) is 20.2. The van der Waals surface area contributed by atoms with Crippen molar-refractivity contribution in [1.29, 1.82) is 0 Å². The Morgan fingerprint density at radius 3 is 2.79 bits per heavy atom. The van der Waals surface area contributed by atoms with Crippen LogP contribution in [0, 0.1) is 0 Å². The number of aromatic nitrogens is 1. The van der Waals surface area contributed by atoms with Gasteiger partial charge in [-0.3, -0.25) is 10.1 Å². The minimum absolute atomic E-state index is 0.338. The molecule has 3 aromatic rings. The number of aromatic amines is 1. The van der Waals surface area contributed by atoms with Gasteiger partial charge < -0.3 is 19.6 Å². The summed E-state index contributed by atoms with van der Waals surface area (Å²) >= 11 is 3.47. The highest BCUT2D eigenvalue weighted by molar-refractivity contribution is 9.10. The van der Waals surface area contributed by atoms with Gasteiger partial charge in [0.25, 0.3) is 0 Å². The van der Waals surface area contributed by atoms with E-state index in [0.29, 0.717) is 31.1 Å². The Morgan fingerprint density at radius 2 is 2.07 bits per heavy atom. The molecular formula is C21H23BrN2O4. The van der Waals surface area contributed by atoms with Crippen LogP contribution in [0.4, 0.5) is 0 Å². The van der Waals surface area contributed by atoms with Gasteiger partial charge in [-0.1, -0.05) is 34.1 Å². The van der Waals surface area contributed by atoms with Crippen molar-refractivity contribution in [3.8, 4) is 11.5 Å². The Labute approximate surface area is 172 Å². The van der Waals surface area contributed by atoms with Crippen molar-refractivity contribution in [1.82, 2.24) is 10.3 Å². The van der Waals surface area contributed by atoms with Crippen molar-refractivity contribution in [2.45, 2.75) is 25.9 Å². The lowest BCUT2D eigenvalue weighted by Gasteiger charge is -2.18. The van der Waals surface area contributed by atoms with Crippen molar-refractivity contribution in [2.24, 2.45) is 0 Å². The van der Waals surface area contributed by atoms with Crippen LogP contribution in [0.1, 0.15) is 18.1 Å². The molecule has 0 radical (unpaired) electrons. The van der Waals surface area contributed by atoms with Crippen molar-refractivity contribution in [3.63, 3.8) is 0 Å². The standard InChI is InChI=1S/C21H23BrN2O4/c1-3-28-20-14(8-15(22)10-19(20)27-2)12-24-18(21(25)26)9-13-11-23-17-7-5-4-6-16(13)17/h4-8,10-11,18,23-24H,3,9,12H2,1-2H3,(H,25,26)/t18-/m0/s1. The molecule has 7 heteroatoms. The number of carboxylic acids is 1. The van der Waals surface area contributed by atoms with Crippen molar-refractivity contribution in [3.05, 3.63) is 58.2 Å². The fourth-order valence-corrected chi connectivity index (χ4v) is 3.70. The molecule has 3 rings (SSSR count). The normalized spacial score (nSPS) is 12.1. The van der Waals surface area contributed by atoms with Crippen LogP contribution in [0.15, 0.2) is 47.1 Å². The molecule has 2 aromatic carbocycles. The molecule has 1 aromatic heterocycles. The minimum Gasteiger partial charge on any atom is -0.493 e. The second kappa shape index (κ2) is 9.12. The molecule has 0 aliphatic heterocycles. The first-order valence-electron chi connectivity index (χ1n) is 9.03. The van der Waals surface area contributed by atoms with Gasteiger partial charge in [0.05, 0.1) is 13.7 Å². The van der Waals surface area contributed by atoms with Crippen molar-refractivity contribution >= 4 is 32.8 Å². The molecule has 0 fully saturated rings. The predicted octanol–water partition coefficient (Wildman–Crippen LogP) is 4.12. The lowest BCUT2D eigenvalue weighted by Crippen LogP contribution is -2.38. The third-order valence-electron chi connectivity index (χ3n) is 4.54. The van der Waals surface area contributed by atoms with Gasteiger partial charge in [-0.25, -0.2) is 0 Å². The van der Waals surface area contributed by atoms with E-state index in [1.807, 2.05) is 49.5 Å². The fraction of sp³-hybridized carbons (Fsp3) is 0.286. The summed E-state index contributed by atoms with van der Waals surface area (Å²) in [7, 11) is 1.58. The molecule has 0 bridgehead atoms. The molecule has 0 aliphatic rings. The van der Waals surface area contributed by atoms with E-state index >= 15 is 0 Å². The number of aliphatic carboxylic acids is 1. The van der Waals surface area contributed by atoms with E-state index in [4.69, 9.17) is 9.47 Å². The molecule has 148 valence electrons. The Hall–Kier alpha value is -2.51. The molecule has 28 heavy (non-hydrogen) atoms. The maximum atomic E-state index is 11.8. The summed E-state index contributed by atoms with van der Waals surface area (Å²) in [6.07, 6.45) is 2.24. The number of halogens is 1. The molecular weight excluding hydrogens is 424 g/mol.